The number of hydrogen-bond donors (Lipinski definition) is 0. The minimum Gasteiger partial charge on any atom is -0.471 e. The van der Waals surface area contributed by atoms with Gasteiger partial charge in [-0.05, 0) is 18.2 Å². The van der Waals surface area contributed by atoms with Gasteiger partial charge in [-0.25, -0.2) is 4.99 Å². The van der Waals surface area contributed by atoms with Gasteiger partial charge in [0.1, 0.15) is 12.1 Å². The van der Waals surface area contributed by atoms with Gasteiger partial charge in [-0.3, -0.25) is 0 Å². The van der Waals surface area contributed by atoms with Gasteiger partial charge in [0.2, 0.25) is 0 Å². The standard InChI is InChI=1S/C9H10ClNO/c1-2-9-11-7-5-6(10)3-4-8(7)12-9/h3-5,7-8H,2H2,1H3. The van der Waals surface area contributed by atoms with Gasteiger partial charge in [0.15, 0.2) is 5.90 Å². The normalized spacial score (nSPS) is 32.2. The van der Waals surface area contributed by atoms with E-state index in [2.05, 4.69) is 4.99 Å². The fraction of sp³-hybridized carbons (Fsp3) is 0.444. The van der Waals surface area contributed by atoms with Crippen molar-refractivity contribution in [2.75, 3.05) is 0 Å². The van der Waals surface area contributed by atoms with E-state index in [1.165, 1.54) is 0 Å². The van der Waals surface area contributed by atoms with Crippen LogP contribution in [-0.4, -0.2) is 18.0 Å². The van der Waals surface area contributed by atoms with Crippen LogP contribution in [-0.2, 0) is 4.74 Å². The van der Waals surface area contributed by atoms with Crippen LogP contribution in [0.3, 0.4) is 0 Å². The molecule has 0 aromatic heterocycles. The largest absolute Gasteiger partial charge is 0.471 e. The molecule has 12 heavy (non-hydrogen) atoms. The molecule has 1 heterocycles. The Hall–Kier alpha value is -0.760. The van der Waals surface area contributed by atoms with E-state index in [0.717, 1.165) is 17.4 Å². The summed E-state index contributed by atoms with van der Waals surface area (Å²) >= 11 is 5.82. The number of fused-ring (bicyclic) bond motifs is 1. The Morgan fingerprint density at radius 1 is 1.67 bits per heavy atom. The molecule has 0 saturated carbocycles. The minimum absolute atomic E-state index is 0.0856. The summed E-state index contributed by atoms with van der Waals surface area (Å²) in [5.74, 6) is 0.831. The summed E-state index contributed by atoms with van der Waals surface area (Å²) in [7, 11) is 0. The molecule has 0 aromatic rings. The molecule has 2 rings (SSSR count). The van der Waals surface area contributed by atoms with Gasteiger partial charge in [-0.15, -0.1) is 0 Å². The molecule has 0 spiro atoms. The summed E-state index contributed by atoms with van der Waals surface area (Å²) in [6, 6.07) is 0.109. The van der Waals surface area contributed by atoms with Gasteiger partial charge in [-0.1, -0.05) is 18.5 Å². The fourth-order valence-corrected chi connectivity index (χ4v) is 1.56. The second-order valence-corrected chi connectivity index (χ2v) is 3.30. The molecule has 0 aromatic carbocycles. The van der Waals surface area contributed by atoms with Crippen LogP contribution < -0.4 is 0 Å². The summed E-state index contributed by atoms with van der Waals surface area (Å²) in [6.45, 7) is 2.03. The molecule has 64 valence electrons. The lowest BCUT2D eigenvalue weighted by atomic mass is 10.1. The van der Waals surface area contributed by atoms with Crippen molar-refractivity contribution >= 4 is 17.5 Å². The Bertz CT molecular complexity index is 280. The van der Waals surface area contributed by atoms with Crippen LogP contribution >= 0.6 is 11.6 Å². The first kappa shape index (κ1) is 7.87. The maximum Gasteiger partial charge on any atom is 0.184 e. The molecule has 2 nitrogen and oxygen atoms in total. The summed E-state index contributed by atoms with van der Waals surface area (Å²) < 4.78 is 5.52. The highest BCUT2D eigenvalue weighted by Gasteiger charge is 2.28. The van der Waals surface area contributed by atoms with Crippen LogP contribution in [0.1, 0.15) is 13.3 Å². The predicted molar refractivity (Wildman–Crippen MR) is 49.5 cm³/mol. The van der Waals surface area contributed by atoms with Crippen LogP contribution in [0.4, 0.5) is 0 Å². The van der Waals surface area contributed by atoms with E-state index in [-0.39, 0.29) is 12.1 Å². The zero-order chi connectivity index (χ0) is 8.55. The quantitative estimate of drug-likeness (QED) is 0.611. The Morgan fingerprint density at radius 3 is 3.25 bits per heavy atom. The molecule has 1 aliphatic carbocycles. The number of nitrogens with zero attached hydrogens (tertiary/aromatic N) is 1. The smallest absolute Gasteiger partial charge is 0.184 e. The highest BCUT2D eigenvalue weighted by atomic mass is 35.5. The minimum atomic E-state index is 0.0856. The molecule has 1 aliphatic heterocycles. The number of halogens is 1. The molecule has 0 amide bonds. The van der Waals surface area contributed by atoms with Gasteiger partial charge in [-0.2, -0.15) is 0 Å². The molecule has 0 fully saturated rings. The summed E-state index contributed by atoms with van der Waals surface area (Å²) in [5, 5.41) is 0.751. The highest BCUT2D eigenvalue weighted by molar-refractivity contribution is 6.31. The van der Waals surface area contributed by atoms with E-state index in [1.54, 1.807) is 0 Å². The molecule has 0 N–H and O–H groups in total. The van der Waals surface area contributed by atoms with Crippen molar-refractivity contribution < 1.29 is 4.74 Å². The molecule has 2 unspecified atom stereocenters. The summed E-state index contributed by atoms with van der Waals surface area (Å²) in [5.41, 5.74) is 0. The monoisotopic (exact) mass is 183 g/mol. The first-order valence-corrected chi connectivity index (χ1v) is 4.46. The molecule has 0 saturated heterocycles. The van der Waals surface area contributed by atoms with Gasteiger partial charge >= 0.3 is 0 Å². The third kappa shape index (κ3) is 1.27. The average molecular weight is 184 g/mol. The zero-order valence-corrected chi connectivity index (χ0v) is 7.58. The van der Waals surface area contributed by atoms with Gasteiger partial charge in [0.05, 0.1) is 0 Å². The van der Waals surface area contributed by atoms with E-state index in [4.69, 9.17) is 16.3 Å². The highest BCUT2D eigenvalue weighted by Crippen LogP contribution is 2.24. The molecular formula is C9H10ClNO. The first-order valence-electron chi connectivity index (χ1n) is 4.08. The van der Waals surface area contributed by atoms with E-state index in [0.29, 0.717) is 0 Å². The Kier molecular flexibility index (Phi) is 1.93. The van der Waals surface area contributed by atoms with Crippen molar-refractivity contribution in [2.45, 2.75) is 25.5 Å². The van der Waals surface area contributed by atoms with Gasteiger partial charge in [0.25, 0.3) is 0 Å². The Labute approximate surface area is 76.6 Å². The van der Waals surface area contributed by atoms with Crippen LogP contribution in [0.2, 0.25) is 0 Å². The van der Waals surface area contributed by atoms with Crippen LogP contribution in [0, 0.1) is 0 Å². The summed E-state index contributed by atoms with van der Waals surface area (Å²) in [4.78, 5) is 4.36. The van der Waals surface area contributed by atoms with E-state index in [1.807, 2.05) is 25.2 Å². The summed E-state index contributed by atoms with van der Waals surface area (Å²) in [6.07, 6.45) is 6.68. The third-order valence-electron chi connectivity index (χ3n) is 1.98. The SMILES string of the molecule is CCC1=NC2C=C(Cl)C=CC2O1. The predicted octanol–water partition coefficient (Wildman–Crippen LogP) is 2.25. The van der Waals surface area contributed by atoms with Crippen LogP contribution in [0.5, 0.6) is 0 Å². The van der Waals surface area contributed by atoms with Crippen molar-refractivity contribution in [3.05, 3.63) is 23.3 Å². The number of hydrogen-bond acceptors (Lipinski definition) is 2. The van der Waals surface area contributed by atoms with Crippen LogP contribution in [0.25, 0.3) is 0 Å². The van der Waals surface area contributed by atoms with E-state index in [9.17, 15) is 0 Å². The second-order valence-electron chi connectivity index (χ2n) is 2.86. The van der Waals surface area contributed by atoms with Crippen molar-refractivity contribution in [1.29, 1.82) is 0 Å². The topological polar surface area (TPSA) is 21.6 Å². The number of ether oxygens (including phenoxy) is 1. The molecular weight excluding hydrogens is 174 g/mol. The van der Waals surface area contributed by atoms with E-state index >= 15 is 0 Å². The average Bonchev–Trinajstić information content (AvgIpc) is 2.46. The molecule has 0 radical (unpaired) electrons. The maximum atomic E-state index is 5.82. The molecule has 2 aliphatic rings. The Balaban J connectivity index is 2.19. The molecule has 2 atom stereocenters. The number of aliphatic imine (C=N–C) groups is 1. The zero-order valence-electron chi connectivity index (χ0n) is 6.83. The van der Waals surface area contributed by atoms with Gasteiger partial charge in [0, 0.05) is 11.5 Å². The maximum absolute atomic E-state index is 5.82. The first-order chi connectivity index (χ1) is 5.79. The second kappa shape index (κ2) is 2.94. The lowest BCUT2D eigenvalue weighted by Gasteiger charge is -2.13. The van der Waals surface area contributed by atoms with E-state index < -0.39 is 0 Å². The van der Waals surface area contributed by atoms with Crippen molar-refractivity contribution in [2.24, 2.45) is 4.99 Å². The lowest BCUT2D eigenvalue weighted by Crippen LogP contribution is -2.20. The number of allylic oxidation sites excluding steroid dienone is 2. The molecule has 3 heteroatoms. The van der Waals surface area contributed by atoms with Crippen molar-refractivity contribution in [3.63, 3.8) is 0 Å². The van der Waals surface area contributed by atoms with Crippen LogP contribution in [0.15, 0.2) is 28.3 Å². The number of rotatable bonds is 1. The molecule has 0 bridgehead atoms. The van der Waals surface area contributed by atoms with Gasteiger partial charge < -0.3 is 4.74 Å². The Morgan fingerprint density at radius 2 is 2.50 bits per heavy atom. The fourth-order valence-electron chi connectivity index (χ4n) is 1.36. The van der Waals surface area contributed by atoms with Crippen molar-refractivity contribution in [1.82, 2.24) is 0 Å². The third-order valence-corrected chi connectivity index (χ3v) is 2.23. The lowest BCUT2D eigenvalue weighted by molar-refractivity contribution is 0.249. The van der Waals surface area contributed by atoms with Crippen molar-refractivity contribution in [3.8, 4) is 0 Å².